The second-order valence-electron chi connectivity index (χ2n) is 5.25. The van der Waals surface area contributed by atoms with Gasteiger partial charge in [0.15, 0.2) is 0 Å². The van der Waals surface area contributed by atoms with Crippen LogP contribution in [-0.2, 0) is 13.0 Å². The Bertz CT molecular complexity index is 790. The maximum Gasteiger partial charge on any atom is 0.271 e. The summed E-state index contributed by atoms with van der Waals surface area (Å²) in [6, 6.07) is 2.16. The number of carbonyl (C=O) groups is 1. The number of aryl methyl sites for hydroxylation is 1. The van der Waals surface area contributed by atoms with Gasteiger partial charge in [0.1, 0.15) is 16.5 Å². The van der Waals surface area contributed by atoms with E-state index in [0.29, 0.717) is 5.69 Å². The Morgan fingerprint density at radius 3 is 3.23 bits per heavy atom. The fourth-order valence-electron chi connectivity index (χ4n) is 2.64. The highest BCUT2D eigenvalue weighted by molar-refractivity contribution is 7.14. The van der Waals surface area contributed by atoms with Gasteiger partial charge in [-0.05, 0) is 17.9 Å². The second kappa shape index (κ2) is 5.66. The van der Waals surface area contributed by atoms with E-state index in [1.165, 1.54) is 11.3 Å². The number of hydrogen-bond donors (Lipinski definition) is 1. The van der Waals surface area contributed by atoms with Gasteiger partial charge in [-0.2, -0.15) is 11.3 Å². The molecule has 0 spiro atoms. The van der Waals surface area contributed by atoms with Crippen LogP contribution in [0.5, 0.6) is 0 Å². The average Bonchev–Trinajstić information content (AvgIpc) is 3.26. The molecule has 1 N–H and O–H groups in total. The third-order valence-corrected chi connectivity index (χ3v) is 5.35. The van der Waals surface area contributed by atoms with Crippen LogP contribution in [0.3, 0.4) is 0 Å². The van der Waals surface area contributed by atoms with Gasteiger partial charge < -0.3 is 9.88 Å². The Hall–Kier alpha value is -1.99. The van der Waals surface area contributed by atoms with Gasteiger partial charge in [-0.1, -0.05) is 0 Å². The number of imidazole rings is 1. The van der Waals surface area contributed by atoms with Crippen molar-refractivity contribution in [3.8, 4) is 10.6 Å². The van der Waals surface area contributed by atoms with Gasteiger partial charge in [0, 0.05) is 47.7 Å². The molecule has 0 aliphatic carbocycles. The molecule has 112 valence electrons. The normalized spacial score (nSPS) is 17.2. The zero-order valence-electron chi connectivity index (χ0n) is 11.7. The van der Waals surface area contributed by atoms with Crippen molar-refractivity contribution in [2.45, 2.75) is 25.4 Å². The highest BCUT2D eigenvalue weighted by Gasteiger charge is 2.22. The molecular weight excluding hydrogens is 316 g/mol. The zero-order valence-corrected chi connectivity index (χ0v) is 13.4. The Labute approximate surface area is 135 Å². The van der Waals surface area contributed by atoms with Crippen LogP contribution >= 0.6 is 22.7 Å². The predicted molar refractivity (Wildman–Crippen MR) is 87.2 cm³/mol. The topological polar surface area (TPSA) is 59.8 Å². The summed E-state index contributed by atoms with van der Waals surface area (Å²) in [7, 11) is 0. The van der Waals surface area contributed by atoms with E-state index in [1.54, 1.807) is 11.3 Å². The van der Waals surface area contributed by atoms with Crippen LogP contribution in [0.1, 0.15) is 22.7 Å². The third kappa shape index (κ3) is 2.57. The molecule has 4 rings (SSSR count). The minimum atomic E-state index is -0.0914. The van der Waals surface area contributed by atoms with E-state index in [0.717, 1.165) is 35.8 Å². The lowest BCUT2D eigenvalue weighted by atomic mass is 10.1. The first kappa shape index (κ1) is 13.7. The molecule has 7 heteroatoms. The minimum Gasteiger partial charge on any atom is -0.346 e. The Morgan fingerprint density at radius 1 is 1.41 bits per heavy atom. The Morgan fingerprint density at radius 2 is 2.36 bits per heavy atom. The highest BCUT2D eigenvalue weighted by atomic mass is 32.1. The number of amides is 1. The van der Waals surface area contributed by atoms with Crippen LogP contribution in [-0.4, -0.2) is 26.5 Å². The van der Waals surface area contributed by atoms with Gasteiger partial charge in [-0.25, -0.2) is 9.97 Å². The second-order valence-corrected chi connectivity index (χ2v) is 6.89. The van der Waals surface area contributed by atoms with E-state index in [4.69, 9.17) is 0 Å². The molecule has 1 atom stereocenters. The van der Waals surface area contributed by atoms with E-state index in [9.17, 15) is 4.79 Å². The molecule has 0 saturated heterocycles. The van der Waals surface area contributed by atoms with Crippen molar-refractivity contribution in [1.82, 2.24) is 19.9 Å². The molecular formula is C15H14N4OS2. The maximum absolute atomic E-state index is 12.4. The first-order valence-electron chi connectivity index (χ1n) is 7.08. The van der Waals surface area contributed by atoms with Crippen molar-refractivity contribution in [2.24, 2.45) is 0 Å². The van der Waals surface area contributed by atoms with Crippen LogP contribution in [0.25, 0.3) is 10.6 Å². The van der Waals surface area contributed by atoms with Gasteiger partial charge in [0.05, 0.1) is 0 Å². The van der Waals surface area contributed by atoms with Crippen molar-refractivity contribution in [3.63, 3.8) is 0 Å². The minimum absolute atomic E-state index is 0.0914. The summed E-state index contributed by atoms with van der Waals surface area (Å²) < 4.78 is 2.10. The van der Waals surface area contributed by atoms with Crippen molar-refractivity contribution in [1.29, 1.82) is 0 Å². The molecule has 4 heterocycles. The lowest BCUT2D eigenvalue weighted by Crippen LogP contribution is -2.41. The summed E-state index contributed by atoms with van der Waals surface area (Å²) in [5.74, 6) is 1.00. The number of fused-ring (bicyclic) bond motifs is 1. The van der Waals surface area contributed by atoms with Gasteiger partial charge in [0.25, 0.3) is 5.91 Å². The fourth-order valence-corrected chi connectivity index (χ4v) is 4.15. The molecule has 3 aromatic heterocycles. The summed E-state index contributed by atoms with van der Waals surface area (Å²) in [6.45, 7) is 0.780. The van der Waals surface area contributed by atoms with E-state index < -0.39 is 0 Å². The number of nitrogens with zero attached hydrogens (tertiary/aromatic N) is 3. The number of rotatable bonds is 3. The first-order chi connectivity index (χ1) is 10.8. The molecule has 22 heavy (non-hydrogen) atoms. The van der Waals surface area contributed by atoms with Crippen molar-refractivity contribution in [2.75, 3.05) is 0 Å². The molecule has 0 aromatic carbocycles. The molecule has 1 amide bonds. The molecule has 5 nitrogen and oxygen atoms in total. The van der Waals surface area contributed by atoms with E-state index in [-0.39, 0.29) is 11.9 Å². The quantitative estimate of drug-likeness (QED) is 0.803. The fraction of sp³-hybridized carbons (Fsp3) is 0.267. The van der Waals surface area contributed by atoms with Crippen LogP contribution in [0, 0.1) is 0 Å². The molecule has 1 unspecified atom stereocenters. The maximum atomic E-state index is 12.4. The average molecular weight is 330 g/mol. The largest absolute Gasteiger partial charge is 0.346 e. The van der Waals surface area contributed by atoms with E-state index in [1.807, 2.05) is 34.6 Å². The van der Waals surface area contributed by atoms with Gasteiger partial charge in [-0.3, -0.25) is 4.79 Å². The lowest BCUT2D eigenvalue weighted by Gasteiger charge is -2.24. The van der Waals surface area contributed by atoms with Crippen molar-refractivity contribution >= 4 is 28.6 Å². The zero-order chi connectivity index (χ0) is 14.9. The van der Waals surface area contributed by atoms with Crippen molar-refractivity contribution in [3.05, 3.63) is 46.1 Å². The van der Waals surface area contributed by atoms with Crippen LogP contribution in [0.2, 0.25) is 0 Å². The van der Waals surface area contributed by atoms with Crippen LogP contribution < -0.4 is 5.32 Å². The smallest absolute Gasteiger partial charge is 0.271 e. The molecule has 0 bridgehead atoms. The van der Waals surface area contributed by atoms with Gasteiger partial charge in [-0.15, -0.1) is 11.3 Å². The van der Waals surface area contributed by atoms with Gasteiger partial charge >= 0.3 is 0 Å². The van der Waals surface area contributed by atoms with E-state index in [2.05, 4.69) is 19.9 Å². The molecule has 3 aromatic rings. The molecule has 0 saturated carbocycles. The van der Waals surface area contributed by atoms with Crippen LogP contribution in [0.4, 0.5) is 0 Å². The highest BCUT2D eigenvalue weighted by Crippen LogP contribution is 2.25. The number of carbonyl (C=O) groups excluding carboxylic acids is 1. The Kier molecular flexibility index (Phi) is 3.51. The SMILES string of the molecule is O=C(NC1CCc2nccn2C1)c1csc(-c2ccsc2)n1. The molecule has 1 aliphatic heterocycles. The number of thiophene rings is 1. The summed E-state index contributed by atoms with van der Waals surface area (Å²) in [5.41, 5.74) is 1.58. The summed E-state index contributed by atoms with van der Waals surface area (Å²) in [4.78, 5) is 21.1. The molecule has 1 aliphatic rings. The standard InChI is InChI=1S/C15H14N4OS2/c20-14(12-9-22-15(18-12)10-3-6-21-8-10)17-11-1-2-13-16-4-5-19(13)7-11/h3-6,8-9,11H,1-2,7H2,(H,17,20). The third-order valence-electron chi connectivity index (χ3n) is 3.78. The summed E-state index contributed by atoms with van der Waals surface area (Å²) in [6.07, 6.45) is 5.59. The van der Waals surface area contributed by atoms with Gasteiger partial charge in [0.2, 0.25) is 0 Å². The molecule has 0 radical (unpaired) electrons. The van der Waals surface area contributed by atoms with E-state index >= 15 is 0 Å². The number of thiazole rings is 1. The number of nitrogens with one attached hydrogen (secondary N) is 1. The number of hydrogen-bond acceptors (Lipinski definition) is 5. The summed E-state index contributed by atoms with van der Waals surface area (Å²) >= 11 is 3.14. The molecule has 0 fully saturated rings. The first-order valence-corrected chi connectivity index (χ1v) is 8.91. The summed E-state index contributed by atoms with van der Waals surface area (Å²) in [5, 5.41) is 9.87. The Balaban J connectivity index is 1.45. The van der Waals surface area contributed by atoms with Crippen molar-refractivity contribution < 1.29 is 4.79 Å². The number of aromatic nitrogens is 3. The lowest BCUT2D eigenvalue weighted by molar-refractivity contribution is 0.0923. The van der Waals surface area contributed by atoms with Crippen LogP contribution in [0.15, 0.2) is 34.6 Å². The monoisotopic (exact) mass is 330 g/mol. The predicted octanol–water partition coefficient (Wildman–Crippen LogP) is 2.81.